The van der Waals surface area contributed by atoms with Crippen molar-refractivity contribution in [2.24, 2.45) is 7.05 Å². The Hall–Kier alpha value is -4.03. The van der Waals surface area contributed by atoms with E-state index in [1.807, 2.05) is 0 Å². The first-order valence-electron chi connectivity index (χ1n) is 10.2. The Balaban J connectivity index is 1.42. The number of rotatable bonds is 6. The van der Waals surface area contributed by atoms with E-state index in [2.05, 4.69) is 35.7 Å². The molecule has 1 saturated heterocycles. The van der Waals surface area contributed by atoms with Gasteiger partial charge in [0.1, 0.15) is 12.0 Å². The number of hydrogen-bond acceptors (Lipinski definition) is 8. The minimum absolute atomic E-state index is 0.00359. The number of aryl methyl sites for hydroxylation is 1. The molecule has 1 saturated carbocycles. The van der Waals surface area contributed by atoms with Crippen LogP contribution >= 0.6 is 0 Å². The topological polar surface area (TPSA) is 131 Å². The second kappa shape index (κ2) is 7.83. The van der Waals surface area contributed by atoms with Crippen molar-refractivity contribution in [2.75, 3.05) is 23.7 Å². The predicted molar refractivity (Wildman–Crippen MR) is 111 cm³/mol. The van der Waals surface area contributed by atoms with E-state index in [1.54, 1.807) is 6.20 Å². The number of anilines is 3. The molecular weight excluding hydrogens is 436 g/mol. The summed E-state index contributed by atoms with van der Waals surface area (Å²) < 4.78 is 27.7. The lowest BCUT2D eigenvalue weighted by molar-refractivity contribution is -0.113. The van der Waals surface area contributed by atoms with Gasteiger partial charge < -0.3 is 15.5 Å². The van der Waals surface area contributed by atoms with Crippen molar-refractivity contribution < 1.29 is 18.4 Å². The lowest BCUT2D eigenvalue weighted by Crippen LogP contribution is -2.58. The minimum Gasteiger partial charge on any atom is -0.336 e. The van der Waals surface area contributed by atoms with E-state index < -0.39 is 30.8 Å². The van der Waals surface area contributed by atoms with E-state index in [4.69, 9.17) is 0 Å². The maximum Gasteiger partial charge on any atom is 0.282 e. The number of amides is 2. The number of likely N-dealkylation sites (tertiary alicyclic amines) is 1. The molecule has 3 aromatic rings. The van der Waals surface area contributed by atoms with Gasteiger partial charge in [-0.1, -0.05) is 0 Å². The molecule has 5 rings (SSSR count). The van der Waals surface area contributed by atoms with Crippen molar-refractivity contribution in [2.45, 2.75) is 24.7 Å². The third-order valence-electron chi connectivity index (χ3n) is 5.35. The first-order chi connectivity index (χ1) is 15.8. The van der Waals surface area contributed by atoms with Crippen molar-refractivity contribution in [3.05, 3.63) is 48.2 Å². The number of nitrogens with one attached hydrogen (secondary N) is 2. The highest BCUT2D eigenvalue weighted by Crippen LogP contribution is 2.39. The normalized spacial score (nSPS) is 16.8. The average molecular weight is 455 g/mol. The summed E-state index contributed by atoms with van der Waals surface area (Å²) in [7, 11) is 1.50. The van der Waals surface area contributed by atoms with Crippen LogP contribution in [0.3, 0.4) is 0 Å². The molecule has 0 unspecified atom stereocenters. The molecule has 0 atom stereocenters. The maximum atomic E-state index is 13.2. The fraction of sp³-hybridized carbons (Fsp3) is 0.350. The molecule has 0 radical (unpaired) electrons. The predicted octanol–water partition coefficient (Wildman–Crippen LogP) is 1.96. The second-order valence-corrected chi connectivity index (χ2v) is 8.02. The van der Waals surface area contributed by atoms with Gasteiger partial charge in [0.25, 0.3) is 17.7 Å². The monoisotopic (exact) mass is 455 g/mol. The van der Waals surface area contributed by atoms with Gasteiger partial charge in [0.2, 0.25) is 0 Å². The van der Waals surface area contributed by atoms with Crippen molar-refractivity contribution in [3.63, 3.8) is 0 Å². The highest BCUT2D eigenvalue weighted by molar-refractivity contribution is 6.09. The Bertz CT molecular complexity index is 1220. The van der Waals surface area contributed by atoms with E-state index in [1.165, 1.54) is 36.6 Å². The summed E-state index contributed by atoms with van der Waals surface area (Å²) >= 11 is 0. The molecule has 4 heterocycles. The minimum atomic E-state index is -2.90. The molecule has 13 heteroatoms. The van der Waals surface area contributed by atoms with Crippen LogP contribution in [-0.2, 0) is 7.05 Å². The molecule has 33 heavy (non-hydrogen) atoms. The zero-order chi connectivity index (χ0) is 23.2. The highest BCUT2D eigenvalue weighted by Gasteiger charge is 2.47. The molecule has 1 aliphatic heterocycles. The number of alkyl halides is 2. The average Bonchev–Trinajstić information content (AvgIpc) is 3.56. The number of aromatic nitrogens is 6. The van der Waals surface area contributed by atoms with Crippen LogP contribution in [0, 0.1) is 0 Å². The van der Waals surface area contributed by atoms with Crippen LogP contribution in [0.5, 0.6) is 0 Å². The van der Waals surface area contributed by atoms with Crippen LogP contribution in [0.25, 0.3) is 0 Å². The molecule has 0 aromatic carbocycles. The van der Waals surface area contributed by atoms with E-state index >= 15 is 0 Å². The van der Waals surface area contributed by atoms with Gasteiger partial charge in [-0.25, -0.2) is 28.7 Å². The molecule has 3 aromatic heterocycles. The largest absolute Gasteiger partial charge is 0.336 e. The van der Waals surface area contributed by atoms with Crippen molar-refractivity contribution in [1.82, 2.24) is 34.6 Å². The van der Waals surface area contributed by atoms with E-state index in [9.17, 15) is 18.4 Å². The summed E-state index contributed by atoms with van der Waals surface area (Å²) in [5.41, 5.74) is 1.31. The van der Waals surface area contributed by atoms with Gasteiger partial charge in [0, 0.05) is 13.0 Å². The van der Waals surface area contributed by atoms with Gasteiger partial charge in [0.05, 0.1) is 54.9 Å². The molecular formula is C20H19F2N9O2. The Morgan fingerprint density at radius 1 is 1.12 bits per heavy atom. The van der Waals surface area contributed by atoms with Crippen LogP contribution in [0.2, 0.25) is 0 Å². The van der Waals surface area contributed by atoms with E-state index in [-0.39, 0.29) is 28.8 Å². The standard InChI is InChI=1S/C20H19F2N9O2/c1-30-16(19(33)31-8-20(21,22)9-31)14(7-26-30)29-18(32)15-17(27-12-4-23-10-24-5-12)25-6-13(28-15)11-2-3-11/h4-7,10-11H,2-3,8-9H2,1H3,(H,25,27)(H,29,32). The summed E-state index contributed by atoms with van der Waals surface area (Å²) in [5.74, 6) is -3.74. The Kier molecular flexibility index (Phi) is 4.95. The maximum absolute atomic E-state index is 13.2. The molecule has 2 N–H and O–H groups in total. The van der Waals surface area contributed by atoms with Crippen molar-refractivity contribution in [1.29, 1.82) is 0 Å². The van der Waals surface area contributed by atoms with Gasteiger partial charge in [-0.15, -0.1) is 0 Å². The molecule has 170 valence electrons. The molecule has 2 amide bonds. The second-order valence-electron chi connectivity index (χ2n) is 8.02. The van der Waals surface area contributed by atoms with Gasteiger partial charge in [0.15, 0.2) is 11.5 Å². The van der Waals surface area contributed by atoms with Crippen LogP contribution in [0.1, 0.15) is 45.4 Å². The van der Waals surface area contributed by atoms with Crippen molar-refractivity contribution >= 4 is 29.0 Å². The molecule has 0 spiro atoms. The Labute approximate surface area is 186 Å². The highest BCUT2D eigenvalue weighted by atomic mass is 19.3. The van der Waals surface area contributed by atoms with Gasteiger partial charge in [-0.05, 0) is 12.8 Å². The van der Waals surface area contributed by atoms with E-state index in [0.29, 0.717) is 11.4 Å². The molecule has 0 bridgehead atoms. The van der Waals surface area contributed by atoms with E-state index in [0.717, 1.165) is 17.7 Å². The van der Waals surface area contributed by atoms with Gasteiger partial charge >= 0.3 is 0 Å². The fourth-order valence-corrected chi connectivity index (χ4v) is 3.50. The Morgan fingerprint density at radius 2 is 1.85 bits per heavy atom. The molecule has 11 nitrogen and oxygen atoms in total. The smallest absolute Gasteiger partial charge is 0.282 e. The summed E-state index contributed by atoms with van der Waals surface area (Å²) in [4.78, 5) is 43.6. The zero-order valence-electron chi connectivity index (χ0n) is 17.5. The van der Waals surface area contributed by atoms with Crippen LogP contribution in [0.15, 0.2) is 31.1 Å². The first kappa shape index (κ1) is 20.8. The third-order valence-corrected chi connectivity index (χ3v) is 5.35. The molecule has 2 fully saturated rings. The fourth-order valence-electron chi connectivity index (χ4n) is 3.50. The summed E-state index contributed by atoms with van der Waals surface area (Å²) in [5, 5.41) is 9.62. The van der Waals surface area contributed by atoms with Crippen LogP contribution < -0.4 is 10.6 Å². The zero-order valence-corrected chi connectivity index (χ0v) is 17.5. The summed E-state index contributed by atoms with van der Waals surface area (Å²) in [6.45, 7) is -1.35. The summed E-state index contributed by atoms with van der Waals surface area (Å²) in [6, 6.07) is 0. The number of nitrogens with zero attached hydrogens (tertiary/aromatic N) is 7. The van der Waals surface area contributed by atoms with Crippen LogP contribution in [-0.4, -0.2) is 65.4 Å². The Morgan fingerprint density at radius 3 is 2.52 bits per heavy atom. The number of hydrogen-bond donors (Lipinski definition) is 2. The number of carbonyl (C=O) groups is 2. The van der Waals surface area contributed by atoms with Crippen LogP contribution in [0.4, 0.5) is 26.0 Å². The quantitative estimate of drug-likeness (QED) is 0.577. The lowest BCUT2D eigenvalue weighted by atomic mass is 10.1. The third kappa shape index (κ3) is 4.21. The molecule has 2 aliphatic rings. The SMILES string of the molecule is Cn1ncc(NC(=O)c2nc(C3CC3)cnc2Nc2cncnc2)c1C(=O)N1CC(F)(F)C1. The number of carbonyl (C=O) groups excluding carboxylic acids is 2. The first-order valence-corrected chi connectivity index (χ1v) is 10.2. The van der Waals surface area contributed by atoms with Crippen molar-refractivity contribution in [3.8, 4) is 0 Å². The summed E-state index contributed by atoms with van der Waals surface area (Å²) in [6.07, 6.45) is 9.25. The number of halogens is 2. The van der Waals surface area contributed by atoms with Gasteiger partial charge in [-0.3, -0.25) is 14.3 Å². The van der Waals surface area contributed by atoms with Gasteiger partial charge in [-0.2, -0.15) is 5.10 Å². The molecule has 1 aliphatic carbocycles. The lowest BCUT2D eigenvalue weighted by Gasteiger charge is -2.38.